The number of aromatic nitrogens is 8. The van der Waals surface area contributed by atoms with E-state index in [-0.39, 0.29) is 60.8 Å². The number of amides is 3. The van der Waals surface area contributed by atoms with Gasteiger partial charge in [0.1, 0.15) is 33.1 Å². The average molecular weight is 1510 g/mol. The van der Waals surface area contributed by atoms with E-state index in [1.165, 1.54) is 45.8 Å². The minimum atomic E-state index is -4.35. The van der Waals surface area contributed by atoms with Crippen LogP contribution in [0, 0.1) is 41.4 Å². The van der Waals surface area contributed by atoms with E-state index in [4.69, 9.17) is 52.4 Å². The number of anilines is 2. The molecular formula is C72H106Cl2N14O13S2. The Hall–Kier alpha value is -7.86. The van der Waals surface area contributed by atoms with Crippen molar-refractivity contribution in [2.24, 2.45) is 46.6 Å². The Labute approximate surface area is 617 Å². The molecule has 2 atom stereocenters. The van der Waals surface area contributed by atoms with Gasteiger partial charge in [0.05, 0.1) is 24.3 Å². The van der Waals surface area contributed by atoms with Crippen molar-refractivity contribution in [3.05, 3.63) is 107 Å². The normalized spacial score (nSPS) is 16.0. The van der Waals surface area contributed by atoms with Gasteiger partial charge in [-0.2, -0.15) is 8.42 Å². The fraction of sp³-hybridized carbons (Fsp3) is 0.583. The number of carboxylic acids is 1. The van der Waals surface area contributed by atoms with E-state index in [0.717, 1.165) is 38.5 Å². The lowest BCUT2D eigenvalue weighted by atomic mass is 9.86. The first kappa shape index (κ1) is 84.1. The highest BCUT2D eigenvalue weighted by molar-refractivity contribution is 7.90. The first-order valence-corrected chi connectivity index (χ1v) is 38.6. The van der Waals surface area contributed by atoms with Crippen LogP contribution in [0.25, 0.3) is 11.6 Å². The van der Waals surface area contributed by atoms with E-state index in [1.54, 1.807) is 48.8 Å². The number of nitrogens with zero attached hydrogens (tertiary/aromatic N) is 10. The molecule has 2 fully saturated rings. The zero-order valence-electron chi connectivity index (χ0n) is 62.7. The van der Waals surface area contributed by atoms with Gasteiger partial charge in [-0.15, -0.1) is 10.2 Å². The molecule has 31 heteroatoms. The molecule has 0 saturated carbocycles. The van der Waals surface area contributed by atoms with Gasteiger partial charge in [-0.25, -0.2) is 62.0 Å². The first-order chi connectivity index (χ1) is 47.8. The van der Waals surface area contributed by atoms with E-state index < -0.39 is 43.1 Å². The number of primary sulfonamides is 1. The molecule has 0 aliphatic carbocycles. The van der Waals surface area contributed by atoms with E-state index in [2.05, 4.69) is 110 Å². The van der Waals surface area contributed by atoms with Gasteiger partial charge in [-0.3, -0.25) is 4.79 Å². The standard InChI is InChI=1S/C36H52ClN7O6S.C19H32N4O4S.C17H22ClN3O3/c1-23(2)27(24(3)4)22-49-30-18-21-43(41-30)29-16-15-26(32(37)40-29)33(45)42-51(47,48)31-14-10-13-28(39-31)38-20-11-12-25-17-19-36(8,9)44(25)34(46)50-35(5,6)7;1-18(2,3)27-17(24)23-13-14(12-19(23,4)5)8-7-11-21-15-9-6-10-16(22-15)28(20,25)26;1-10(2)13(11(3)4)9-24-15-7-8-21(20-15)14-6-5-12(17(22)23)16(18)19-14/h10,13-16,18,21,23-25,27H,11-12,17,19-20,22H2,1-9H3,(H,38,39)(H,42,45);6,9-10,14H,7-8,11-13H2,1-5H3,(H,21,22)(H2,20,25,26);5-8,10-11,13H,9H2,1-4H3,(H,22,23). The smallest absolute Gasteiger partial charge is 0.410 e. The van der Waals surface area contributed by atoms with Gasteiger partial charge in [0.2, 0.25) is 11.8 Å². The first-order valence-electron chi connectivity index (χ1n) is 34.8. The summed E-state index contributed by atoms with van der Waals surface area (Å²) in [5, 5.41) is 28.3. The van der Waals surface area contributed by atoms with Crippen LogP contribution in [0.15, 0.2) is 95.2 Å². The summed E-state index contributed by atoms with van der Waals surface area (Å²) in [5.74, 6) is 3.60. The Morgan fingerprint density at radius 3 is 1.53 bits per heavy atom. The number of rotatable bonds is 27. The molecule has 2 aliphatic rings. The number of likely N-dealkylation sites (tertiary alicyclic amines) is 2. The minimum Gasteiger partial charge on any atom is -0.478 e. The second-order valence-electron chi connectivity index (χ2n) is 30.6. The Morgan fingerprint density at radius 1 is 0.621 bits per heavy atom. The molecule has 6 N–H and O–H groups in total. The second-order valence-corrected chi connectivity index (χ2v) is 34.5. The predicted octanol–water partition coefficient (Wildman–Crippen LogP) is 14.0. The molecule has 27 nitrogen and oxygen atoms in total. The molecular weight excluding hydrogens is 1400 g/mol. The molecule has 6 aromatic heterocycles. The maximum Gasteiger partial charge on any atom is 0.410 e. The summed E-state index contributed by atoms with van der Waals surface area (Å²) in [6.07, 6.45) is 8.74. The maximum absolute atomic E-state index is 13.2. The lowest BCUT2D eigenvalue weighted by Gasteiger charge is -2.37. The molecule has 2 unspecified atom stereocenters. The quantitative estimate of drug-likeness (QED) is 0.0236. The van der Waals surface area contributed by atoms with E-state index in [0.29, 0.717) is 116 Å². The zero-order chi connectivity index (χ0) is 76.7. The van der Waals surface area contributed by atoms with Crippen molar-refractivity contribution in [3.63, 3.8) is 0 Å². The molecule has 6 aromatic rings. The number of ether oxygens (including phenoxy) is 4. The number of pyridine rings is 4. The van der Waals surface area contributed by atoms with Crippen molar-refractivity contribution in [3.8, 4) is 23.4 Å². The van der Waals surface area contributed by atoms with E-state index in [9.17, 15) is 36.0 Å². The summed E-state index contributed by atoms with van der Waals surface area (Å²) in [5.41, 5.74) is -1.80. The van der Waals surface area contributed by atoms with Crippen LogP contribution in [0.4, 0.5) is 21.2 Å². The SMILES string of the molecule is CC(C)(C)OC(=O)N1CC(CCCNc2cccc(S(N)(=O)=O)n2)CC1(C)C.CC(C)C(COc1ccn(-c2ccc(C(=O)NS(=O)(=O)c3cccc(NCCCC4CCC(C)(C)N4C(=O)OC(C)(C)C)n3)c(Cl)n2)n1)C(C)C.CC(C)C(COc1ccn(-c2ccc(C(=O)O)c(Cl)n2)n1)C(C)C. The van der Waals surface area contributed by atoms with Crippen molar-refractivity contribution < 1.29 is 60.1 Å². The largest absolute Gasteiger partial charge is 0.478 e. The van der Waals surface area contributed by atoms with Crippen LogP contribution >= 0.6 is 23.2 Å². The Balaban J connectivity index is 0.000000269. The van der Waals surface area contributed by atoms with Crippen molar-refractivity contribution in [2.45, 2.75) is 208 Å². The second kappa shape index (κ2) is 35.8. The molecule has 0 spiro atoms. The van der Waals surface area contributed by atoms with Crippen molar-refractivity contribution in [1.29, 1.82) is 0 Å². The van der Waals surface area contributed by atoms with Crippen LogP contribution in [0.5, 0.6) is 11.8 Å². The molecule has 8 rings (SSSR count). The topological polar surface area (TPSA) is 349 Å². The number of nitrogens with two attached hydrogens (primary N) is 1. The number of hydrogen-bond donors (Lipinski definition) is 5. The van der Waals surface area contributed by atoms with Gasteiger partial charge in [0.15, 0.2) is 21.7 Å². The lowest BCUT2D eigenvalue weighted by Crippen LogP contribution is -2.49. The molecule has 3 amide bonds. The highest BCUT2D eigenvalue weighted by Gasteiger charge is 2.45. The monoisotopic (exact) mass is 1510 g/mol. The molecule has 8 heterocycles. The molecule has 2 saturated heterocycles. The Bertz CT molecular complexity index is 4060. The number of nitrogens with one attached hydrogen (secondary N) is 3. The third kappa shape index (κ3) is 25.2. The summed E-state index contributed by atoms with van der Waals surface area (Å²) in [6.45, 7) is 39.8. The van der Waals surface area contributed by atoms with Crippen LogP contribution in [0.2, 0.25) is 10.3 Å². The number of aromatic carboxylic acids is 1. The molecule has 0 aromatic carbocycles. The van der Waals surface area contributed by atoms with Gasteiger partial charge < -0.3 is 44.5 Å². The number of hydrogen-bond acceptors (Lipinski definition) is 20. The van der Waals surface area contributed by atoms with E-state index in [1.807, 2.05) is 69.9 Å². The average Bonchev–Trinajstić information content (AvgIpc) is 1.68. The molecule has 0 bridgehead atoms. The van der Waals surface area contributed by atoms with E-state index >= 15 is 0 Å². The van der Waals surface area contributed by atoms with Crippen molar-refractivity contribution >= 4 is 78.9 Å². The van der Waals surface area contributed by atoms with Gasteiger partial charge in [-0.05, 0) is 204 Å². The fourth-order valence-corrected chi connectivity index (χ4v) is 14.2. The van der Waals surface area contributed by atoms with Gasteiger partial charge in [0, 0.05) is 61.3 Å². The predicted molar refractivity (Wildman–Crippen MR) is 397 cm³/mol. The lowest BCUT2D eigenvalue weighted by molar-refractivity contribution is 0.00275. The molecule has 103 heavy (non-hydrogen) atoms. The van der Waals surface area contributed by atoms with Crippen molar-refractivity contribution in [2.75, 3.05) is 43.5 Å². The van der Waals surface area contributed by atoms with Crippen LogP contribution < -0.4 is 30.0 Å². The molecule has 2 aliphatic heterocycles. The summed E-state index contributed by atoms with van der Waals surface area (Å²) in [6, 6.07) is 18.5. The highest BCUT2D eigenvalue weighted by Crippen LogP contribution is 2.38. The third-order valence-electron chi connectivity index (χ3n) is 17.6. The van der Waals surface area contributed by atoms with Gasteiger partial charge >= 0.3 is 18.2 Å². The van der Waals surface area contributed by atoms with Crippen LogP contribution in [-0.4, -0.2) is 156 Å². The van der Waals surface area contributed by atoms with Crippen LogP contribution in [0.1, 0.15) is 190 Å². The Morgan fingerprint density at radius 2 is 1.08 bits per heavy atom. The summed E-state index contributed by atoms with van der Waals surface area (Å²) in [7, 11) is -8.16. The molecule has 568 valence electrons. The van der Waals surface area contributed by atoms with Crippen molar-refractivity contribution in [1.82, 2.24) is 54.0 Å². The maximum atomic E-state index is 13.2. The fourth-order valence-electron chi connectivity index (χ4n) is 12.3. The summed E-state index contributed by atoms with van der Waals surface area (Å²) < 4.78 is 77.0. The van der Waals surface area contributed by atoms with Gasteiger partial charge in [-0.1, -0.05) is 90.7 Å². The molecule has 0 radical (unpaired) electrons. The summed E-state index contributed by atoms with van der Waals surface area (Å²) in [4.78, 5) is 69.7. The third-order valence-corrected chi connectivity index (χ3v) is 20.3. The number of sulfonamides is 2. The van der Waals surface area contributed by atoms with Crippen LogP contribution in [0.3, 0.4) is 0 Å². The van der Waals surface area contributed by atoms with Gasteiger partial charge in [0.25, 0.3) is 26.0 Å². The minimum absolute atomic E-state index is 0.0326. The number of halogens is 2. The number of carbonyl (C=O) groups is 4. The highest BCUT2D eigenvalue weighted by atomic mass is 35.5. The summed E-state index contributed by atoms with van der Waals surface area (Å²) >= 11 is 12.2. The number of carboxylic acid groups (broad SMARTS) is 1. The number of carbonyl (C=O) groups excluding carboxylic acids is 3. The zero-order valence-corrected chi connectivity index (χ0v) is 65.8. The van der Waals surface area contributed by atoms with Crippen LogP contribution in [-0.2, 0) is 29.5 Å². The Kier molecular flexibility index (Phi) is 29.2.